The van der Waals surface area contributed by atoms with Crippen LogP contribution in [0.25, 0.3) is 5.65 Å². The highest BCUT2D eigenvalue weighted by atomic mass is 79.9. The van der Waals surface area contributed by atoms with Crippen molar-refractivity contribution in [3.63, 3.8) is 0 Å². The van der Waals surface area contributed by atoms with Crippen molar-refractivity contribution in [3.8, 4) is 0 Å². The Hall–Kier alpha value is -2.16. The molecule has 1 aliphatic heterocycles. The molecule has 22 heavy (non-hydrogen) atoms. The predicted molar refractivity (Wildman–Crippen MR) is 83.4 cm³/mol. The lowest BCUT2D eigenvalue weighted by Crippen LogP contribution is -2.29. The van der Waals surface area contributed by atoms with Crippen LogP contribution < -0.4 is 11.1 Å². The molecule has 2 atom stereocenters. The van der Waals surface area contributed by atoms with Gasteiger partial charge in [-0.1, -0.05) is 6.92 Å². The van der Waals surface area contributed by atoms with Gasteiger partial charge in [-0.3, -0.25) is 9.59 Å². The van der Waals surface area contributed by atoms with E-state index in [9.17, 15) is 9.59 Å². The summed E-state index contributed by atoms with van der Waals surface area (Å²) >= 11 is 3.30. The van der Waals surface area contributed by atoms with Gasteiger partial charge in [-0.25, -0.2) is 9.50 Å². The monoisotopic (exact) mass is 366 g/mol. The first-order valence-corrected chi connectivity index (χ1v) is 7.58. The molecule has 116 valence electrons. The number of anilines is 1. The fourth-order valence-corrected chi connectivity index (χ4v) is 3.06. The number of halogens is 1. The van der Waals surface area contributed by atoms with E-state index < -0.39 is 5.91 Å². The molecular weight excluding hydrogens is 352 g/mol. The maximum absolute atomic E-state index is 11.7. The first-order valence-electron chi connectivity index (χ1n) is 6.79. The number of hydrogen-bond acceptors (Lipinski definition) is 5. The van der Waals surface area contributed by atoms with Gasteiger partial charge in [0.15, 0.2) is 5.65 Å². The van der Waals surface area contributed by atoms with E-state index in [0.29, 0.717) is 29.0 Å². The third kappa shape index (κ3) is 2.52. The number of carbonyl (C=O) groups excluding carboxylic acids is 2. The summed E-state index contributed by atoms with van der Waals surface area (Å²) in [5, 5.41) is 7.44. The molecule has 8 nitrogen and oxygen atoms in total. The molecule has 1 saturated heterocycles. The number of imidazole rings is 1. The van der Waals surface area contributed by atoms with Crippen molar-refractivity contribution in [2.75, 3.05) is 18.4 Å². The molecule has 0 radical (unpaired) electrons. The number of carbonyl (C=O) groups is 2. The molecule has 2 aromatic heterocycles. The Morgan fingerprint density at radius 2 is 2.32 bits per heavy atom. The zero-order valence-corrected chi connectivity index (χ0v) is 13.4. The second-order valence-electron chi connectivity index (χ2n) is 5.42. The number of primary amides is 1. The SMILES string of the molecule is CC1CN(C=O)CC1Nc1c(C(N)=O)cnn2cc(Br)nc12. The van der Waals surface area contributed by atoms with Crippen LogP contribution in [-0.4, -0.2) is 50.9 Å². The molecule has 0 aromatic carbocycles. The number of hydrogen-bond donors (Lipinski definition) is 2. The average Bonchev–Trinajstić information content (AvgIpc) is 3.01. The van der Waals surface area contributed by atoms with Crippen LogP contribution in [0.4, 0.5) is 5.69 Å². The van der Waals surface area contributed by atoms with Gasteiger partial charge in [0.05, 0.1) is 23.6 Å². The van der Waals surface area contributed by atoms with Gasteiger partial charge >= 0.3 is 0 Å². The minimum Gasteiger partial charge on any atom is -0.376 e. The lowest BCUT2D eigenvalue weighted by atomic mass is 10.1. The van der Waals surface area contributed by atoms with Crippen molar-refractivity contribution < 1.29 is 9.59 Å². The number of amides is 2. The first-order chi connectivity index (χ1) is 10.5. The molecule has 0 bridgehead atoms. The largest absolute Gasteiger partial charge is 0.376 e. The van der Waals surface area contributed by atoms with Crippen LogP contribution in [0.3, 0.4) is 0 Å². The number of nitrogens with two attached hydrogens (primary N) is 1. The molecule has 0 saturated carbocycles. The van der Waals surface area contributed by atoms with Crippen molar-refractivity contribution in [2.45, 2.75) is 13.0 Å². The van der Waals surface area contributed by atoms with Crippen LogP contribution >= 0.6 is 15.9 Å². The molecule has 1 fully saturated rings. The van der Waals surface area contributed by atoms with Crippen molar-refractivity contribution in [1.82, 2.24) is 19.5 Å². The summed E-state index contributed by atoms with van der Waals surface area (Å²) in [7, 11) is 0. The highest BCUT2D eigenvalue weighted by Crippen LogP contribution is 2.26. The van der Waals surface area contributed by atoms with Gasteiger partial charge in [-0.2, -0.15) is 5.10 Å². The molecular formula is C13H15BrN6O2. The summed E-state index contributed by atoms with van der Waals surface area (Å²) < 4.78 is 2.18. The molecule has 3 N–H and O–H groups in total. The smallest absolute Gasteiger partial charge is 0.252 e. The third-order valence-electron chi connectivity index (χ3n) is 3.85. The van der Waals surface area contributed by atoms with Crippen molar-refractivity contribution in [2.24, 2.45) is 11.7 Å². The summed E-state index contributed by atoms with van der Waals surface area (Å²) in [4.78, 5) is 28.6. The van der Waals surface area contributed by atoms with Gasteiger partial charge in [0.25, 0.3) is 5.91 Å². The van der Waals surface area contributed by atoms with Crippen molar-refractivity contribution in [3.05, 3.63) is 22.6 Å². The second kappa shape index (κ2) is 5.56. The van der Waals surface area contributed by atoms with E-state index in [4.69, 9.17) is 5.73 Å². The Bertz CT molecular complexity index is 745. The Kier molecular flexibility index (Phi) is 3.73. The summed E-state index contributed by atoms with van der Waals surface area (Å²) in [5.41, 5.74) is 6.77. The van der Waals surface area contributed by atoms with E-state index in [2.05, 4.69) is 31.3 Å². The maximum Gasteiger partial charge on any atom is 0.252 e. The highest BCUT2D eigenvalue weighted by Gasteiger charge is 2.30. The number of rotatable bonds is 4. The topological polar surface area (TPSA) is 106 Å². The van der Waals surface area contributed by atoms with E-state index in [1.165, 1.54) is 6.20 Å². The Morgan fingerprint density at radius 1 is 1.55 bits per heavy atom. The molecule has 1 aliphatic rings. The fourth-order valence-electron chi connectivity index (χ4n) is 2.70. The summed E-state index contributed by atoms with van der Waals surface area (Å²) in [6, 6.07) is 0.0185. The zero-order valence-electron chi connectivity index (χ0n) is 11.9. The quantitative estimate of drug-likeness (QED) is 0.765. The van der Waals surface area contributed by atoms with E-state index in [0.717, 1.165) is 6.41 Å². The van der Waals surface area contributed by atoms with E-state index in [1.54, 1.807) is 15.6 Å². The number of aromatic nitrogens is 3. The van der Waals surface area contributed by atoms with E-state index in [1.807, 2.05) is 6.92 Å². The van der Waals surface area contributed by atoms with Gasteiger partial charge in [0.2, 0.25) is 6.41 Å². The number of nitrogens with zero attached hydrogens (tertiary/aromatic N) is 4. The van der Waals surface area contributed by atoms with Crippen molar-refractivity contribution >= 4 is 39.6 Å². The van der Waals surface area contributed by atoms with Crippen LogP contribution in [0, 0.1) is 5.92 Å². The van der Waals surface area contributed by atoms with Crippen LogP contribution in [0.2, 0.25) is 0 Å². The number of nitrogens with one attached hydrogen (secondary N) is 1. The summed E-state index contributed by atoms with van der Waals surface area (Å²) in [6.07, 6.45) is 3.95. The lowest BCUT2D eigenvalue weighted by molar-refractivity contribution is -0.117. The van der Waals surface area contributed by atoms with Crippen LogP contribution in [-0.2, 0) is 4.79 Å². The minimum absolute atomic E-state index is 0.0185. The molecule has 3 rings (SSSR count). The standard InChI is InChI=1S/C13H15BrN6O2/c1-7-3-19(6-21)4-9(7)17-11-8(12(15)22)2-16-20-5-10(14)18-13(11)20/h2,5-7,9,17H,3-4H2,1H3,(H2,15,22). The van der Waals surface area contributed by atoms with Crippen LogP contribution in [0.1, 0.15) is 17.3 Å². The van der Waals surface area contributed by atoms with E-state index >= 15 is 0 Å². The van der Waals surface area contributed by atoms with Crippen LogP contribution in [0.5, 0.6) is 0 Å². The molecule has 3 heterocycles. The normalized spacial score (nSPS) is 21.3. The van der Waals surface area contributed by atoms with Gasteiger partial charge in [0.1, 0.15) is 4.60 Å². The number of likely N-dealkylation sites (tertiary alicyclic amines) is 1. The third-order valence-corrected chi connectivity index (χ3v) is 4.23. The fraction of sp³-hybridized carbons (Fsp3) is 0.385. The van der Waals surface area contributed by atoms with Crippen LogP contribution in [0.15, 0.2) is 17.0 Å². The van der Waals surface area contributed by atoms with E-state index in [-0.39, 0.29) is 17.5 Å². The zero-order chi connectivity index (χ0) is 15.9. The Labute approximate surface area is 134 Å². The highest BCUT2D eigenvalue weighted by molar-refractivity contribution is 9.10. The molecule has 2 amide bonds. The molecule has 0 spiro atoms. The van der Waals surface area contributed by atoms with Gasteiger partial charge in [-0.05, 0) is 21.8 Å². The lowest BCUT2D eigenvalue weighted by Gasteiger charge is -2.19. The van der Waals surface area contributed by atoms with Gasteiger partial charge < -0.3 is 16.0 Å². The number of fused-ring (bicyclic) bond motifs is 1. The van der Waals surface area contributed by atoms with Gasteiger partial charge in [0, 0.05) is 19.1 Å². The second-order valence-corrected chi connectivity index (χ2v) is 6.23. The summed E-state index contributed by atoms with van der Waals surface area (Å²) in [5.74, 6) is -0.327. The molecule has 2 unspecified atom stereocenters. The minimum atomic E-state index is -0.575. The maximum atomic E-state index is 11.7. The first kappa shape index (κ1) is 14.8. The predicted octanol–water partition coefficient (Wildman–Crippen LogP) is 0.479. The summed E-state index contributed by atoms with van der Waals surface area (Å²) in [6.45, 7) is 3.29. The molecule has 9 heteroatoms. The molecule has 0 aliphatic carbocycles. The molecule has 2 aromatic rings. The average molecular weight is 367 g/mol. The van der Waals surface area contributed by atoms with Gasteiger partial charge in [-0.15, -0.1) is 0 Å². The Morgan fingerprint density at radius 3 is 2.95 bits per heavy atom. The van der Waals surface area contributed by atoms with Crippen molar-refractivity contribution in [1.29, 1.82) is 0 Å². The Balaban J connectivity index is 2.02.